The molecule has 2 N–H and O–H groups in total. The minimum atomic E-state index is -1.21. The molecule has 1 unspecified atom stereocenters. The van der Waals surface area contributed by atoms with Crippen LogP contribution in [-0.4, -0.2) is 118 Å². The fourth-order valence-corrected chi connectivity index (χ4v) is 8.02. The number of hydrogen-bond donors (Lipinski definition) is 2. The van der Waals surface area contributed by atoms with Crippen molar-refractivity contribution in [2.24, 2.45) is 0 Å². The van der Waals surface area contributed by atoms with Crippen molar-refractivity contribution in [3.05, 3.63) is 47.7 Å². The number of phenolic OH excluding ortho intramolecular Hbond substituents is 1. The normalized spacial score (nSPS) is 23.8. The molecule has 3 atom stereocenters. The Bertz CT molecular complexity index is 1980. The lowest BCUT2D eigenvalue weighted by Gasteiger charge is -2.34. The summed E-state index contributed by atoms with van der Waals surface area (Å²) in [6.07, 6.45) is 4.92. The van der Waals surface area contributed by atoms with Gasteiger partial charge in [0.25, 0.3) is 0 Å². The molecule has 7 rings (SSSR count). The number of amides is 1. The SMILES string of the molecule is CCc1c(F)ccc2cc(O)cc(-c3ncc4c(N5CCOCC(C)(O)C5)nc(OC[C@]56CCCN5[C@H](COC(=O)N(C)C)CC6)nc4c3F)c12. The highest BCUT2D eigenvalue weighted by Gasteiger charge is 2.50. The number of rotatable bonds is 8. The third-order valence-corrected chi connectivity index (χ3v) is 10.4. The average molecular weight is 707 g/mol. The van der Waals surface area contributed by atoms with Gasteiger partial charge in [-0.2, -0.15) is 9.97 Å². The number of fused-ring (bicyclic) bond motifs is 3. The Morgan fingerprint density at radius 3 is 2.78 bits per heavy atom. The van der Waals surface area contributed by atoms with Gasteiger partial charge in [0.1, 0.15) is 47.4 Å². The fraction of sp³-hybridized carbons (Fsp3) is 0.514. The summed E-state index contributed by atoms with van der Waals surface area (Å²) < 4.78 is 49.6. The van der Waals surface area contributed by atoms with Gasteiger partial charge in [-0.3, -0.25) is 9.88 Å². The summed E-state index contributed by atoms with van der Waals surface area (Å²) in [6, 6.07) is 5.81. The van der Waals surface area contributed by atoms with Crippen LogP contribution in [0.15, 0.2) is 30.5 Å². The number of aromatic nitrogens is 3. The molecule has 0 bridgehead atoms. The number of carbonyl (C=O) groups excluding carboxylic acids is 1. The lowest BCUT2D eigenvalue weighted by atomic mass is 9.94. The van der Waals surface area contributed by atoms with E-state index in [-0.39, 0.29) is 72.6 Å². The van der Waals surface area contributed by atoms with E-state index < -0.39 is 17.2 Å². The van der Waals surface area contributed by atoms with Crippen LogP contribution in [0.4, 0.5) is 19.4 Å². The van der Waals surface area contributed by atoms with Gasteiger partial charge in [-0.15, -0.1) is 0 Å². The van der Waals surface area contributed by atoms with E-state index in [1.807, 2.05) is 11.8 Å². The summed E-state index contributed by atoms with van der Waals surface area (Å²) in [5.41, 5.74) is -1.07. The molecule has 12 nitrogen and oxygen atoms in total. The van der Waals surface area contributed by atoms with Crippen LogP contribution >= 0.6 is 0 Å². The number of ether oxygens (including phenoxy) is 3. The van der Waals surface area contributed by atoms with Crippen LogP contribution in [0.3, 0.4) is 0 Å². The molecule has 4 aromatic rings. The minimum absolute atomic E-state index is 0.0388. The molecule has 2 aromatic carbocycles. The van der Waals surface area contributed by atoms with Crippen molar-refractivity contribution < 1.29 is 38.0 Å². The summed E-state index contributed by atoms with van der Waals surface area (Å²) in [5, 5.41) is 23.0. The van der Waals surface area contributed by atoms with E-state index in [1.54, 1.807) is 27.1 Å². The van der Waals surface area contributed by atoms with Crippen LogP contribution in [0.1, 0.15) is 45.1 Å². The van der Waals surface area contributed by atoms with E-state index in [2.05, 4.69) is 14.9 Å². The van der Waals surface area contributed by atoms with Crippen LogP contribution in [0.5, 0.6) is 11.8 Å². The van der Waals surface area contributed by atoms with Crippen LogP contribution in [0.25, 0.3) is 32.9 Å². The number of phenols is 1. The maximum Gasteiger partial charge on any atom is 0.409 e. The predicted octanol–water partition coefficient (Wildman–Crippen LogP) is 5.05. The third-order valence-electron chi connectivity index (χ3n) is 10.4. The van der Waals surface area contributed by atoms with Crippen LogP contribution < -0.4 is 9.64 Å². The van der Waals surface area contributed by atoms with Crippen molar-refractivity contribution in [3.8, 4) is 23.0 Å². The highest BCUT2D eigenvalue weighted by molar-refractivity contribution is 6.01. The molecule has 0 saturated carbocycles. The minimum Gasteiger partial charge on any atom is -0.508 e. The zero-order valence-electron chi connectivity index (χ0n) is 29.4. The van der Waals surface area contributed by atoms with E-state index in [4.69, 9.17) is 19.2 Å². The van der Waals surface area contributed by atoms with Crippen LogP contribution in [0, 0.1) is 11.6 Å². The van der Waals surface area contributed by atoms with Crippen molar-refractivity contribution in [2.45, 2.75) is 63.1 Å². The molecule has 0 radical (unpaired) electrons. The molecule has 5 heterocycles. The number of aryl methyl sites for hydroxylation is 1. The fourth-order valence-electron chi connectivity index (χ4n) is 8.02. The van der Waals surface area contributed by atoms with Crippen molar-refractivity contribution in [3.63, 3.8) is 0 Å². The second-order valence-corrected chi connectivity index (χ2v) is 14.4. The number of aliphatic hydroxyl groups is 1. The van der Waals surface area contributed by atoms with Gasteiger partial charge in [0.05, 0.1) is 30.7 Å². The topological polar surface area (TPSA) is 134 Å². The van der Waals surface area contributed by atoms with Gasteiger partial charge in [0.2, 0.25) is 0 Å². The number of pyridine rings is 1. The number of hydrogen-bond acceptors (Lipinski definition) is 11. The molecular weight excluding hydrogens is 662 g/mol. The molecule has 3 fully saturated rings. The Morgan fingerprint density at radius 2 is 2.00 bits per heavy atom. The van der Waals surface area contributed by atoms with Gasteiger partial charge in [0, 0.05) is 38.4 Å². The Balaban J connectivity index is 1.30. The van der Waals surface area contributed by atoms with Gasteiger partial charge in [0.15, 0.2) is 5.82 Å². The molecule has 3 saturated heterocycles. The van der Waals surface area contributed by atoms with E-state index in [0.29, 0.717) is 47.1 Å². The standard InChI is InChI=1S/C37H44F2N6O6/c1-5-25-28(38)8-7-22-15-24(46)16-26(29(22)25)31-30(39)32-27(17-40-31)33(44-13-14-49-20-36(2,48)19-44)42-34(41-32)51-21-37-10-6-12-45(37)23(9-11-37)18-50-35(47)43(3)4/h7-8,15-17,23,46,48H,5-6,9-14,18-21H2,1-4H3/t23-,36?,37+/m0/s1. The summed E-state index contributed by atoms with van der Waals surface area (Å²) in [6.45, 7) is 5.79. The number of anilines is 1. The highest BCUT2D eigenvalue weighted by atomic mass is 19.1. The Morgan fingerprint density at radius 1 is 1.18 bits per heavy atom. The summed E-state index contributed by atoms with van der Waals surface area (Å²) in [5.74, 6) is -0.987. The smallest absolute Gasteiger partial charge is 0.409 e. The maximum absolute atomic E-state index is 17.0. The molecule has 272 valence electrons. The first-order chi connectivity index (χ1) is 24.4. The third kappa shape index (κ3) is 6.60. The van der Waals surface area contributed by atoms with Crippen LogP contribution in [0.2, 0.25) is 0 Å². The molecule has 3 aliphatic heterocycles. The number of nitrogens with zero attached hydrogens (tertiary/aromatic N) is 6. The van der Waals surface area contributed by atoms with Gasteiger partial charge >= 0.3 is 12.1 Å². The van der Waals surface area contributed by atoms with Crippen molar-refractivity contribution in [2.75, 3.05) is 65.1 Å². The van der Waals surface area contributed by atoms with E-state index in [0.717, 1.165) is 32.2 Å². The second-order valence-electron chi connectivity index (χ2n) is 14.4. The van der Waals surface area contributed by atoms with Gasteiger partial charge < -0.3 is 34.2 Å². The average Bonchev–Trinajstić information content (AvgIpc) is 3.60. The summed E-state index contributed by atoms with van der Waals surface area (Å²) >= 11 is 0. The zero-order chi connectivity index (χ0) is 36.1. The first kappa shape index (κ1) is 35.0. The monoisotopic (exact) mass is 706 g/mol. The molecule has 0 spiro atoms. The van der Waals surface area contributed by atoms with Crippen molar-refractivity contribution in [1.82, 2.24) is 24.8 Å². The Kier molecular flexibility index (Phi) is 9.35. The number of benzene rings is 2. The van der Waals surface area contributed by atoms with Crippen molar-refractivity contribution >= 4 is 33.6 Å². The predicted molar refractivity (Wildman–Crippen MR) is 187 cm³/mol. The van der Waals surface area contributed by atoms with Gasteiger partial charge in [-0.05, 0) is 80.1 Å². The molecule has 14 heteroatoms. The molecule has 3 aliphatic rings. The molecule has 1 amide bonds. The maximum atomic E-state index is 17.0. The number of aromatic hydroxyl groups is 1. The lowest BCUT2D eigenvalue weighted by molar-refractivity contribution is -0.0123. The van der Waals surface area contributed by atoms with Crippen LogP contribution in [-0.2, 0) is 15.9 Å². The van der Waals surface area contributed by atoms with E-state index in [9.17, 15) is 15.0 Å². The molecule has 0 aliphatic carbocycles. The first-order valence-electron chi connectivity index (χ1n) is 17.5. The quantitative estimate of drug-likeness (QED) is 0.255. The second kappa shape index (κ2) is 13.6. The van der Waals surface area contributed by atoms with Gasteiger partial charge in [-0.1, -0.05) is 13.0 Å². The molecule has 2 aromatic heterocycles. The summed E-state index contributed by atoms with van der Waals surface area (Å²) in [4.78, 5) is 31.6. The zero-order valence-corrected chi connectivity index (χ0v) is 29.4. The lowest BCUT2D eigenvalue weighted by Crippen LogP contribution is -2.48. The largest absolute Gasteiger partial charge is 0.508 e. The number of carbonyl (C=O) groups is 1. The first-order valence-corrected chi connectivity index (χ1v) is 17.5. The van der Waals surface area contributed by atoms with E-state index in [1.165, 1.54) is 29.3 Å². The van der Waals surface area contributed by atoms with E-state index >= 15 is 8.78 Å². The number of β-amino-alcohol motifs (C(OH)–C–C–N with tert-alkyl or cyclic N) is 1. The summed E-state index contributed by atoms with van der Waals surface area (Å²) in [7, 11) is 3.30. The number of halogens is 2. The molecular formula is C37H44F2N6O6. The Labute approximate surface area is 294 Å². The Hall–Kier alpha value is -4.40. The van der Waals surface area contributed by atoms with Crippen molar-refractivity contribution in [1.29, 1.82) is 0 Å². The molecule has 51 heavy (non-hydrogen) atoms. The van der Waals surface area contributed by atoms with Gasteiger partial charge in [-0.25, -0.2) is 13.6 Å². The highest BCUT2D eigenvalue weighted by Crippen LogP contribution is 2.43.